The Bertz CT molecular complexity index is 461. The van der Waals surface area contributed by atoms with Crippen LogP contribution in [0.5, 0.6) is 0 Å². The Hall–Kier alpha value is -1.16. The van der Waals surface area contributed by atoms with Crippen LogP contribution in [0.2, 0.25) is 0 Å². The van der Waals surface area contributed by atoms with E-state index in [1.165, 1.54) is 38.5 Å². The fourth-order valence-corrected chi connectivity index (χ4v) is 3.55. The van der Waals surface area contributed by atoms with Crippen LogP contribution >= 0.6 is 0 Å². The number of piperidine rings is 1. The third-order valence-electron chi connectivity index (χ3n) is 4.96. The molecule has 0 aromatic carbocycles. The number of hydrogen-bond donors (Lipinski definition) is 0. The van der Waals surface area contributed by atoms with Crippen LogP contribution < -0.4 is 4.90 Å². The molecule has 1 aliphatic carbocycles. The minimum atomic E-state index is 0.532. The second kappa shape index (κ2) is 5.32. The van der Waals surface area contributed by atoms with Crippen molar-refractivity contribution in [1.82, 2.24) is 9.97 Å². The molecule has 4 rings (SSSR count). The van der Waals surface area contributed by atoms with E-state index in [0.29, 0.717) is 12.0 Å². The molecule has 3 aliphatic rings. The summed E-state index contributed by atoms with van der Waals surface area (Å²) in [5.41, 5.74) is 0. The van der Waals surface area contributed by atoms with Crippen LogP contribution in [0.3, 0.4) is 0 Å². The summed E-state index contributed by atoms with van der Waals surface area (Å²) in [5, 5.41) is 0. The van der Waals surface area contributed by atoms with Gasteiger partial charge < -0.3 is 9.64 Å². The zero-order chi connectivity index (χ0) is 13.4. The van der Waals surface area contributed by atoms with Gasteiger partial charge in [-0.1, -0.05) is 0 Å². The molecule has 0 N–H and O–H groups in total. The second-order valence-electron chi connectivity index (χ2n) is 6.42. The Balaban J connectivity index is 1.39. The van der Waals surface area contributed by atoms with Gasteiger partial charge in [-0.15, -0.1) is 0 Å². The van der Waals surface area contributed by atoms with Gasteiger partial charge in [0.1, 0.15) is 11.6 Å². The summed E-state index contributed by atoms with van der Waals surface area (Å²) >= 11 is 0. The zero-order valence-electron chi connectivity index (χ0n) is 12.0. The first-order chi connectivity index (χ1) is 9.90. The van der Waals surface area contributed by atoms with Gasteiger partial charge in [0, 0.05) is 31.8 Å². The normalized spacial score (nSPS) is 28.0. The van der Waals surface area contributed by atoms with Crippen LogP contribution in [0.4, 0.5) is 5.82 Å². The van der Waals surface area contributed by atoms with E-state index in [9.17, 15) is 0 Å². The summed E-state index contributed by atoms with van der Waals surface area (Å²) in [6.45, 7) is 3.21. The third-order valence-corrected chi connectivity index (χ3v) is 4.96. The average molecular weight is 273 g/mol. The molecule has 20 heavy (non-hydrogen) atoms. The highest BCUT2D eigenvalue weighted by molar-refractivity contribution is 5.38. The first kappa shape index (κ1) is 12.6. The molecule has 0 radical (unpaired) electrons. The number of aromatic nitrogens is 2. The van der Waals surface area contributed by atoms with Crippen LogP contribution in [-0.4, -0.2) is 35.8 Å². The maximum absolute atomic E-state index is 5.85. The Morgan fingerprint density at radius 3 is 2.65 bits per heavy atom. The largest absolute Gasteiger partial charge is 0.378 e. The van der Waals surface area contributed by atoms with Gasteiger partial charge in [-0.3, -0.25) is 0 Å². The molecular formula is C16H23N3O. The van der Waals surface area contributed by atoms with Crippen molar-refractivity contribution >= 4 is 5.82 Å². The van der Waals surface area contributed by atoms with Gasteiger partial charge in [0.05, 0.1) is 6.10 Å². The Morgan fingerprint density at radius 2 is 1.95 bits per heavy atom. The summed E-state index contributed by atoms with van der Waals surface area (Å²) in [4.78, 5) is 11.6. The summed E-state index contributed by atoms with van der Waals surface area (Å²) < 4.78 is 5.85. The molecule has 1 atom stereocenters. The molecule has 4 nitrogen and oxygen atoms in total. The van der Waals surface area contributed by atoms with Gasteiger partial charge >= 0.3 is 0 Å². The maximum Gasteiger partial charge on any atom is 0.133 e. The monoisotopic (exact) mass is 273 g/mol. The number of anilines is 1. The molecule has 1 unspecified atom stereocenters. The minimum Gasteiger partial charge on any atom is -0.378 e. The molecule has 2 aliphatic heterocycles. The van der Waals surface area contributed by atoms with E-state index in [2.05, 4.69) is 16.0 Å². The van der Waals surface area contributed by atoms with Crippen LogP contribution in [0.25, 0.3) is 0 Å². The van der Waals surface area contributed by atoms with E-state index in [4.69, 9.17) is 9.72 Å². The summed E-state index contributed by atoms with van der Waals surface area (Å²) in [5.74, 6) is 3.59. The van der Waals surface area contributed by atoms with Crippen LogP contribution in [0, 0.1) is 5.92 Å². The predicted molar refractivity (Wildman–Crippen MR) is 77.9 cm³/mol. The maximum atomic E-state index is 5.85. The van der Waals surface area contributed by atoms with Crippen molar-refractivity contribution in [2.75, 3.05) is 24.6 Å². The molecule has 0 amide bonds. The highest BCUT2D eigenvalue weighted by atomic mass is 16.5. The molecular weight excluding hydrogens is 250 g/mol. The van der Waals surface area contributed by atoms with Gasteiger partial charge in [-0.2, -0.15) is 0 Å². The van der Waals surface area contributed by atoms with E-state index in [1.807, 2.05) is 6.20 Å². The van der Waals surface area contributed by atoms with Gasteiger partial charge in [0.15, 0.2) is 0 Å². The summed E-state index contributed by atoms with van der Waals surface area (Å²) in [6.07, 6.45) is 10.0. The van der Waals surface area contributed by atoms with Gasteiger partial charge in [0.25, 0.3) is 0 Å². The van der Waals surface area contributed by atoms with Crippen molar-refractivity contribution in [3.05, 3.63) is 18.1 Å². The summed E-state index contributed by atoms with van der Waals surface area (Å²) in [7, 11) is 0. The number of ether oxygens (including phenoxy) is 1. The third kappa shape index (κ3) is 2.53. The molecule has 0 bridgehead atoms. The molecule has 3 heterocycles. The Kier molecular flexibility index (Phi) is 3.34. The van der Waals surface area contributed by atoms with Crippen LogP contribution in [0.1, 0.15) is 50.3 Å². The van der Waals surface area contributed by atoms with Crippen molar-refractivity contribution in [1.29, 1.82) is 0 Å². The lowest BCUT2D eigenvalue weighted by Gasteiger charge is -2.35. The molecule has 1 saturated carbocycles. The number of hydrogen-bond acceptors (Lipinski definition) is 4. The fourth-order valence-electron chi connectivity index (χ4n) is 3.55. The van der Waals surface area contributed by atoms with Crippen molar-refractivity contribution in [2.45, 2.75) is 50.5 Å². The zero-order valence-corrected chi connectivity index (χ0v) is 12.0. The topological polar surface area (TPSA) is 38.2 Å². The Labute approximate surface area is 120 Å². The van der Waals surface area contributed by atoms with Crippen molar-refractivity contribution in [3.63, 3.8) is 0 Å². The van der Waals surface area contributed by atoms with E-state index < -0.39 is 0 Å². The molecule has 1 aromatic rings. The summed E-state index contributed by atoms with van der Waals surface area (Å²) in [6, 6.07) is 2.07. The van der Waals surface area contributed by atoms with Crippen molar-refractivity contribution in [3.8, 4) is 0 Å². The van der Waals surface area contributed by atoms with Gasteiger partial charge in [-0.25, -0.2) is 9.97 Å². The van der Waals surface area contributed by atoms with Crippen molar-refractivity contribution in [2.24, 2.45) is 5.92 Å². The molecule has 108 valence electrons. The smallest absolute Gasteiger partial charge is 0.133 e. The predicted octanol–water partition coefficient (Wildman–Crippen LogP) is 2.75. The molecule has 3 fully saturated rings. The molecule has 2 saturated heterocycles. The van der Waals surface area contributed by atoms with Crippen LogP contribution in [0.15, 0.2) is 12.3 Å². The lowest BCUT2D eigenvalue weighted by atomic mass is 9.90. The highest BCUT2D eigenvalue weighted by Gasteiger charge is 2.31. The first-order valence-corrected chi connectivity index (χ1v) is 8.09. The van der Waals surface area contributed by atoms with E-state index in [1.54, 1.807) is 0 Å². The minimum absolute atomic E-state index is 0.532. The lowest BCUT2D eigenvalue weighted by molar-refractivity contribution is 0.0531. The quantitative estimate of drug-likeness (QED) is 0.849. The van der Waals surface area contributed by atoms with Crippen molar-refractivity contribution < 1.29 is 4.74 Å². The first-order valence-electron chi connectivity index (χ1n) is 8.09. The SMILES string of the molecule is c1cc(N2CCC(C3CCCO3)CC2)nc(C2CC2)n1. The molecule has 1 aromatic heterocycles. The number of rotatable bonds is 3. The standard InChI is InChI=1S/C16H23N3O/c1-2-14(20-11-1)12-6-9-19(10-7-12)15-5-8-17-16(18-15)13-3-4-13/h5,8,12-14H,1-4,6-7,9-11H2. The van der Waals surface area contributed by atoms with E-state index in [0.717, 1.165) is 37.3 Å². The van der Waals surface area contributed by atoms with Gasteiger partial charge in [0.2, 0.25) is 0 Å². The Morgan fingerprint density at radius 1 is 1.10 bits per heavy atom. The van der Waals surface area contributed by atoms with Gasteiger partial charge in [-0.05, 0) is 50.5 Å². The second-order valence-corrected chi connectivity index (χ2v) is 6.42. The van der Waals surface area contributed by atoms with E-state index >= 15 is 0 Å². The molecule has 0 spiro atoms. The van der Waals surface area contributed by atoms with E-state index in [-0.39, 0.29) is 0 Å². The fraction of sp³-hybridized carbons (Fsp3) is 0.750. The molecule has 4 heteroatoms. The number of nitrogens with zero attached hydrogens (tertiary/aromatic N) is 3. The highest BCUT2D eigenvalue weighted by Crippen LogP contribution is 2.38. The van der Waals surface area contributed by atoms with Crippen LogP contribution in [-0.2, 0) is 4.74 Å². The lowest BCUT2D eigenvalue weighted by Crippen LogP contribution is -2.38. The average Bonchev–Trinajstić information content (AvgIpc) is 3.23.